The lowest BCUT2D eigenvalue weighted by molar-refractivity contribution is -0.151. The molecule has 2 atom stereocenters. The van der Waals surface area contributed by atoms with Gasteiger partial charge in [-0.25, -0.2) is 8.42 Å². The third-order valence-electron chi connectivity index (χ3n) is 3.98. The molecule has 3 N–H and O–H groups in total. The summed E-state index contributed by atoms with van der Waals surface area (Å²) in [6.45, 7) is -0.275. The molecule has 0 unspecified atom stereocenters. The normalized spacial score (nSPS) is 22.8. The van der Waals surface area contributed by atoms with E-state index < -0.39 is 40.7 Å². The fraction of sp³-hybridized carbons (Fsp3) is 0.467. The Morgan fingerprint density at radius 3 is 2.65 bits per heavy atom. The molecule has 1 fully saturated rings. The Labute approximate surface area is 149 Å². The first-order valence-corrected chi connectivity index (χ1v) is 9.27. The number of ether oxygens (including phenoxy) is 3. The number of hydrogen-bond donors (Lipinski definition) is 2. The maximum atomic E-state index is 12.9. The zero-order valence-electron chi connectivity index (χ0n) is 13.7. The molecule has 0 saturated carbocycles. The van der Waals surface area contributed by atoms with Gasteiger partial charge in [0.25, 0.3) is 5.91 Å². The van der Waals surface area contributed by atoms with Crippen molar-refractivity contribution in [3.8, 4) is 11.5 Å². The van der Waals surface area contributed by atoms with Gasteiger partial charge in [0.2, 0.25) is 10.0 Å². The molecule has 26 heavy (non-hydrogen) atoms. The molecule has 0 aliphatic carbocycles. The van der Waals surface area contributed by atoms with E-state index in [0.717, 1.165) is 4.31 Å². The van der Waals surface area contributed by atoms with E-state index in [0.29, 0.717) is 19.0 Å². The number of esters is 1. The smallest absolute Gasteiger partial charge is 0.325 e. The molecule has 1 saturated heterocycles. The summed E-state index contributed by atoms with van der Waals surface area (Å²) >= 11 is 0. The summed E-state index contributed by atoms with van der Waals surface area (Å²) in [5.41, 5.74) is 4.92. The molecule has 0 spiro atoms. The molecule has 2 aliphatic rings. The second kappa shape index (κ2) is 7.09. The highest BCUT2D eigenvalue weighted by atomic mass is 32.2. The van der Waals surface area contributed by atoms with Crippen LogP contribution >= 0.6 is 0 Å². The average Bonchev–Trinajstić information content (AvgIpc) is 3.02. The third kappa shape index (κ3) is 3.59. The van der Waals surface area contributed by atoms with Gasteiger partial charge in [0.1, 0.15) is 19.3 Å². The van der Waals surface area contributed by atoms with Crippen LogP contribution in [0.2, 0.25) is 0 Å². The summed E-state index contributed by atoms with van der Waals surface area (Å²) in [6, 6.07) is 2.86. The molecule has 142 valence electrons. The van der Waals surface area contributed by atoms with Crippen LogP contribution in [0.25, 0.3) is 0 Å². The number of primary amides is 1. The molecule has 1 aromatic rings. The molecule has 2 aliphatic heterocycles. The minimum absolute atomic E-state index is 0.108. The van der Waals surface area contributed by atoms with Crippen molar-refractivity contribution < 1.29 is 37.3 Å². The van der Waals surface area contributed by atoms with Gasteiger partial charge in [-0.05, 0) is 12.1 Å². The second-order valence-electron chi connectivity index (χ2n) is 5.86. The number of sulfonamides is 1. The topological polar surface area (TPSA) is 145 Å². The molecule has 0 aromatic heterocycles. The van der Waals surface area contributed by atoms with Gasteiger partial charge in [-0.2, -0.15) is 4.31 Å². The highest BCUT2D eigenvalue weighted by Crippen LogP contribution is 2.35. The fourth-order valence-corrected chi connectivity index (χ4v) is 4.46. The van der Waals surface area contributed by atoms with Crippen LogP contribution in [0.3, 0.4) is 0 Å². The van der Waals surface area contributed by atoms with E-state index >= 15 is 0 Å². The number of hydrogen-bond acceptors (Lipinski definition) is 8. The Kier molecular flexibility index (Phi) is 5.03. The molecule has 0 radical (unpaired) electrons. The Morgan fingerprint density at radius 2 is 1.96 bits per heavy atom. The van der Waals surface area contributed by atoms with Gasteiger partial charge < -0.3 is 25.1 Å². The number of carbonyl (C=O) groups excluding carboxylic acids is 2. The predicted octanol–water partition coefficient (Wildman–Crippen LogP) is -1.39. The van der Waals surface area contributed by atoms with Crippen molar-refractivity contribution in [2.24, 2.45) is 5.73 Å². The van der Waals surface area contributed by atoms with Crippen LogP contribution in [-0.2, 0) is 24.3 Å². The van der Waals surface area contributed by atoms with E-state index in [1.807, 2.05) is 0 Å². The van der Waals surface area contributed by atoms with Crippen LogP contribution in [0.5, 0.6) is 11.5 Å². The molecule has 1 amide bonds. The Balaban J connectivity index is 1.86. The fourth-order valence-electron chi connectivity index (χ4n) is 2.82. The van der Waals surface area contributed by atoms with Gasteiger partial charge in [0.15, 0.2) is 18.1 Å². The summed E-state index contributed by atoms with van der Waals surface area (Å²) in [5, 5.41) is 9.85. The number of fused-ring (bicyclic) bond motifs is 1. The van der Waals surface area contributed by atoms with Crippen LogP contribution in [0.1, 0.15) is 6.42 Å². The van der Waals surface area contributed by atoms with Crippen molar-refractivity contribution in [2.45, 2.75) is 23.5 Å². The lowest BCUT2D eigenvalue weighted by Gasteiger charge is -2.24. The molecule has 1 aromatic carbocycles. The summed E-state index contributed by atoms with van der Waals surface area (Å²) in [7, 11) is -4.12. The number of nitrogens with zero attached hydrogens (tertiary/aromatic N) is 1. The molecular formula is C15H18N2O8S. The van der Waals surface area contributed by atoms with Gasteiger partial charge in [-0.15, -0.1) is 0 Å². The highest BCUT2D eigenvalue weighted by molar-refractivity contribution is 7.89. The SMILES string of the molecule is NC(=O)COC(=O)[C@@H]1C[C@@H](O)CN1S(=O)(=O)c1ccc2c(c1)OCCO2. The van der Waals surface area contributed by atoms with E-state index in [-0.39, 0.29) is 23.6 Å². The van der Waals surface area contributed by atoms with Gasteiger partial charge in [-0.3, -0.25) is 9.59 Å². The zero-order chi connectivity index (χ0) is 18.9. The van der Waals surface area contributed by atoms with E-state index in [1.165, 1.54) is 18.2 Å². The molecule has 0 bridgehead atoms. The van der Waals surface area contributed by atoms with E-state index in [9.17, 15) is 23.1 Å². The Bertz CT molecular complexity index is 825. The Morgan fingerprint density at radius 1 is 1.27 bits per heavy atom. The zero-order valence-corrected chi connectivity index (χ0v) is 14.5. The van der Waals surface area contributed by atoms with Crippen molar-refractivity contribution in [3.63, 3.8) is 0 Å². The maximum Gasteiger partial charge on any atom is 0.325 e. The van der Waals surface area contributed by atoms with Crippen molar-refractivity contribution in [1.82, 2.24) is 4.31 Å². The number of rotatable bonds is 5. The first-order chi connectivity index (χ1) is 12.3. The number of benzene rings is 1. The van der Waals surface area contributed by atoms with Crippen molar-refractivity contribution in [2.75, 3.05) is 26.4 Å². The maximum absolute atomic E-state index is 12.9. The van der Waals surface area contributed by atoms with Gasteiger partial charge in [0.05, 0.1) is 11.0 Å². The number of aliphatic hydroxyl groups excluding tert-OH is 1. The lowest BCUT2D eigenvalue weighted by Crippen LogP contribution is -2.42. The van der Waals surface area contributed by atoms with Crippen molar-refractivity contribution in [3.05, 3.63) is 18.2 Å². The van der Waals surface area contributed by atoms with Crippen LogP contribution in [0.4, 0.5) is 0 Å². The van der Waals surface area contributed by atoms with E-state index in [1.54, 1.807) is 0 Å². The van der Waals surface area contributed by atoms with Gasteiger partial charge >= 0.3 is 5.97 Å². The predicted molar refractivity (Wildman–Crippen MR) is 85.9 cm³/mol. The quantitative estimate of drug-likeness (QED) is 0.588. The van der Waals surface area contributed by atoms with E-state index in [2.05, 4.69) is 0 Å². The monoisotopic (exact) mass is 386 g/mol. The number of aliphatic hydroxyl groups is 1. The number of amides is 1. The lowest BCUT2D eigenvalue weighted by atomic mass is 10.2. The molecule has 3 rings (SSSR count). The highest BCUT2D eigenvalue weighted by Gasteiger charge is 2.44. The first-order valence-electron chi connectivity index (χ1n) is 7.83. The molecule has 10 nitrogen and oxygen atoms in total. The average molecular weight is 386 g/mol. The third-order valence-corrected chi connectivity index (χ3v) is 5.85. The molecule has 11 heteroatoms. The number of β-amino-alcohol motifs (C(OH)–C–C–N with tert-alkyl or cyclic N) is 1. The molecule has 2 heterocycles. The second-order valence-corrected chi connectivity index (χ2v) is 7.75. The van der Waals surface area contributed by atoms with Crippen LogP contribution in [0, 0.1) is 0 Å². The minimum atomic E-state index is -4.12. The van der Waals surface area contributed by atoms with E-state index in [4.69, 9.17) is 19.9 Å². The van der Waals surface area contributed by atoms with Crippen LogP contribution in [-0.4, -0.2) is 68.2 Å². The van der Waals surface area contributed by atoms with Crippen molar-refractivity contribution >= 4 is 21.9 Å². The summed E-state index contributed by atoms with van der Waals surface area (Å²) in [5.74, 6) is -1.10. The van der Waals surface area contributed by atoms with Gasteiger partial charge in [-0.1, -0.05) is 0 Å². The standard InChI is InChI=1S/C15H18N2O8S/c16-14(19)8-25-15(20)11-5-9(18)7-17(11)26(21,22)10-1-2-12-13(6-10)24-4-3-23-12/h1-2,6,9,11,18H,3-5,7-8H2,(H2,16,19)/t9-,11+/m1/s1. The van der Waals surface area contributed by atoms with Crippen molar-refractivity contribution in [1.29, 1.82) is 0 Å². The minimum Gasteiger partial charge on any atom is -0.486 e. The molecular weight excluding hydrogens is 368 g/mol. The van der Waals surface area contributed by atoms with Gasteiger partial charge in [0, 0.05) is 19.0 Å². The Hall–Kier alpha value is -2.37. The summed E-state index contributed by atoms with van der Waals surface area (Å²) in [6.07, 6.45) is -1.17. The summed E-state index contributed by atoms with van der Waals surface area (Å²) in [4.78, 5) is 22.8. The number of carbonyl (C=O) groups is 2. The largest absolute Gasteiger partial charge is 0.486 e. The van der Waals surface area contributed by atoms with Crippen LogP contribution < -0.4 is 15.2 Å². The first kappa shape index (κ1) is 18.4. The summed E-state index contributed by atoms with van der Waals surface area (Å²) < 4.78 is 42.2. The van der Waals surface area contributed by atoms with Crippen LogP contribution in [0.15, 0.2) is 23.1 Å². The number of nitrogens with two attached hydrogens (primary N) is 1.